The van der Waals surface area contributed by atoms with Crippen molar-refractivity contribution in [1.29, 1.82) is 10.5 Å². The summed E-state index contributed by atoms with van der Waals surface area (Å²) in [4.78, 5) is 0. The molecule has 0 spiro atoms. The van der Waals surface area contributed by atoms with Crippen molar-refractivity contribution in [3.05, 3.63) is 0 Å². The first kappa shape index (κ1) is 24.1. The maximum Gasteiger partial charge on any atom is 0.0683 e. The van der Waals surface area contributed by atoms with E-state index >= 15 is 0 Å². The van der Waals surface area contributed by atoms with Crippen LogP contribution in [0.2, 0.25) is 0 Å². The Kier molecular flexibility index (Phi) is 22.9. The summed E-state index contributed by atoms with van der Waals surface area (Å²) in [7, 11) is 0. The molecule has 0 amide bonds. The minimum absolute atomic E-state index is 0.186. The number of alkyl halides is 3. The molecule has 0 unspecified atom stereocenters. The SMILES string of the molecule is CC(C)(C#N)CCCCl.CC(C)C#N.ClCCCBr. The van der Waals surface area contributed by atoms with Gasteiger partial charge in [0.2, 0.25) is 0 Å². The smallest absolute Gasteiger partial charge is 0.0683 e. The fourth-order valence-corrected chi connectivity index (χ4v) is 1.49. The average molecular weight is 372 g/mol. The monoisotopic (exact) mass is 370 g/mol. The predicted octanol–water partition coefficient (Wildman–Crippen LogP) is 5.73. The van der Waals surface area contributed by atoms with E-state index in [4.69, 9.17) is 33.7 Å². The van der Waals surface area contributed by atoms with E-state index in [0.29, 0.717) is 5.88 Å². The quantitative estimate of drug-likeness (QED) is 0.579. The van der Waals surface area contributed by atoms with Crippen LogP contribution in [0.4, 0.5) is 0 Å². The number of nitrogens with zero attached hydrogens (tertiary/aromatic N) is 2. The first-order valence-corrected chi connectivity index (χ1v) is 8.49. The van der Waals surface area contributed by atoms with Gasteiger partial charge in [-0.15, -0.1) is 23.2 Å². The molecule has 0 aromatic rings. The molecule has 0 aromatic carbocycles. The van der Waals surface area contributed by atoms with Gasteiger partial charge in [-0.3, -0.25) is 0 Å². The van der Waals surface area contributed by atoms with E-state index in [9.17, 15) is 0 Å². The predicted molar refractivity (Wildman–Crippen MR) is 88.9 cm³/mol. The first-order valence-electron chi connectivity index (χ1n) is 6.30. The fraction of sp³-hybridized carbons (Fsp3) is 0.857. The molecule has 19 heavy (non-hydrogen) atoms. The summed E-state index contributed by atoms with van der Waals surface area (Å²) in [5.74, 6) is 1.62. The van der Waals surface area contributed by atoms with Crippen LogP contribution in [-0.4, -0.2) is 17.1 Å². The molecule has 2 nitrogen and oxygen atoms in total. The standard InChI is InChI=1S/C7H12ClN.C4H7N.C3H6BrCl/c1-7(2,6-9)4-3-5-8;1-4(2)3-5;4-2-1-3-5/h3-5H2,1-2H3;4H,1-2H3;1-3H2. The van der Waals surface area contributed by atoms with Gasteiger partial charge in [0.1, 0.15) is 0 Å². The molecule has 112 valence electrons. The Labute approximate surface area is 137 Å². The molecular weight excluding hydrogens is 347 g/mol. The number of rotatable bonds is 5. The molecule has 0 bridgehead atoms. The van der Waals surface area contributed by atoms with Crippen molar-refractivity contribution in [1.82, 2.24) is 0 Å². The topological polar surface area (TPSA) is 47.6 Å². The lowest BCUT2D eigenvalue weighted by molar-refractivity contribution is 0.447. The molecule has 0 saturated heterocycles. The highest BCUT2D eigenvalue weighted by Crippen LogP contribution is 2.20. The Balaban J connectivity index is -0.000000219. The first-order chi connectivity index (χ1) is 8.81. The van der Waals surface area contributed by atoms with Crippen LogP contribution in [0, 0.1) is 34.0 Å². The third-order valence-corrected chi connectivity index (χ3v) is 2.86. The minimum atomic E-state index is -0.186. The number of hydrogen-bond donors (Lipinski definition) is 0. The molecule has 0 saturated carbocycles. The van der Waals surface area contributed by atoms with E-state index in [1.807, 2.05) is 33.8 Å². The summed E-state index contributed by atoms with van der Waals surface area (Å²) in [5.41, 5.74) is -0.186. The van der Waals surface area contributed by atoms with E-state index in [1.54, 1.807) is 0 Å². The summed E-state index contributed by atoms with van der Waals surface area (Å²) in [6.45, 7) is 7.58. The van der Waals surface area contributed by atoms with Gasteiger partial charge in [0.15, 0.2) is 0 Å². The highest BCUT2D eigenvalue weighted by atomic mass is 79.9. The van der Waals surface area contributed by atoms with Gasteiger partial charge in [-0.25, -0.2) is 0 Å². The second-order valence-corrected chi connectivity index (χ2v) is 6.35. The Hall–Kier alpha value is 0.0400. The van der Waals surface area contributed by atoms with Crippen molar-refractivity contribution >= 4 is 39.1 Å². The van der Waals surface area contributed by atoms with Gasteiger partial charge in [0, 0.05) is 23.0 Å². The number of nitriles is 2. The van der Waals surface area contributed by atoms with Crippen LogP contribution < -0.4 is 0 Å². The van der Waals surface area contributed by atoms with Gasteiger partial charge in [-0.2, -0.15) is 10.5 Å². The number of hydrogen-bond acceptors (Lipinski definition) is 2. The largest absolute Gasteiger partial charge is 0.198 e. The summed E-state index contributed by atoms with van der Waals surface area (Å²) in [5, 5.41) is 17.4. The van der Waals surface area contributed by atoms with Crippen LogP contribution in [0.5, 0.6) is 0 Å². The molecule has 0 aliphatic carbocycles. The van der Waals surface area contributed by atoms with E-state index in [1.165, 1.54) is 0 Å². The van der Waals surface area contributed by atoms with Gasteiger partial charge >= 0.3 is 0 Å². The number of halogens is 3. The van der Waals surface area contributed by atoms with E-state index in [-0.39, 0.29) is 11.3 Å². The molecule has 0 radical (unpaired) electrons. The normalized spacial score (nSPS) is 9.37. The summed E-state index contributed by atoms with van der Waals surface area (Å²) in [6, 6.07) is 4.25. The Morgan fingerprint density at radius 3 is 1.68 bits per heavy atom. The lowest BCUT2D eigenvalue weighted by Crippen LogP contribution is -2.07. The molecule has 0 atom stereocenters. The zero-order valence-corrected chi connectivity index (χ0v) is 15.4. The van der Waals surface area contributed by atoms with Crippen LogP contribution in [0.1, 0.15) is 47.0 Å². The third-order valence-electron chi connectivity index (χ3n) is 1.76. The van der Waals surface area contributed by atoms with Crippen LogP contribution in [0.3, 0.4) is 0 Å². The summed E-state index contributed by atoms with van der Waals surface area (Å²) >= 11 is 14.0. The molecule has 0 heterocycles. The van der Waals surface area contributed by atoms with Crippen molar-refractivity contribution in [2.75, 3.05) is 17.1 Å². The zero-order chi connectivity index (χ0) is 15.7. The fourth-order valence-electron chi connectivity index (χ4n) is 0.615. The Bertz CT molecular complexity index is 253. The second-order valence-electron chi connectivity index (χ2n) is 4.80. The van der Waals surface area contributed by atoms with Gasteiger partial charge in [0.05, 0.1) is 17.6 Å². The molecule has 0 aliphatic heterocycles. The molecule has 0 rings (SSSR count). The molecule has 0 aromatic heterocycles. The highest BCUT2D eigenvalue weighted by Gasteiger charge is 2.14. The van der Waals surface area contributed by atoms with Crippen molar-refractivity contribution in [2.24, 2.45) is 11.3 Å². The lowest BCUT2D eigenvalue weighted by Gasteiger charge is -2.12. The van der Waals surface area contributed by atoms with E-state index in [2.05, 4.69) is 22.0 Å². The minimum Gasteiger partial charge on any atom is -0.198 e. The Morgan fingerprint density at radius 2 is 1.53 bits per heavy atom. The highest BCUT2D eigenvalue weighted by molar-refractivity contribution is 9.09. The van der Waals surface area contributed by atoms with Crippen molar-refractivity contribution in [3.8, 4) is 12.1 Å². The van der Waals surface area contributed by atoms with Crippen molar-refractivity contribution in [2.45, 2.75) is 47.0 Å². The van der Waals surface area contributed by atoms with Gasteiger partial charge in [-0.1, -0.05) is 15.9 Å². The van der Waals surface area contributed by atoms with E-state index in [0.717, 1.165) is 30.5 Å². The summed E-state index contributed by atoms with van der Waals surface area (Å²) in [6.07, 6.45) is 2.90. The Morgan fingerprint density at radius 1 is 1.11 bits per heavy atom. The average Bonchev–Trinajstić information content (AvgIpc) is 2.39. The maximum absolute atomic E-state index is 8.53. The van der Waals surface area contributed by atoms with Crippen LogP contribution >= 0.6 is 39.1 Å². The van der Waals surface area contributed by atoms with Gasteiger partial charge < -0.3 is 0 Å². The zero-order valence-electron chi connectivity index (χ0n) is 12.3. The van der Waals surface area contributed by atoms with Crippen molar-refractivity contribution in [3.63, 3.8) is 0 Å². The molecular formula is C14H25BrCl2N2. The van der Waals surface area contributed by atoms with Crippen LogP contribution in [-0.2, 0) is 0 Å². The van der Waals surface area contributed by atoms with Gasteiger partial charge in [0.25, 0.3) is 0 Å². The third kappa shape index (κ3) is 32.0. The molecule has 5 heteroatoms. The van der Waals surface area contributed by atoms with Crippen LogP contribution in [0.15, 0.2) is 0 Å². The maximum atomic E-state index is 8.53. The molecule has 0 fully saturated rings. The van der Waals surface area contributed by atoms with Crippen LogP contribution in [0.25, 0.3) is 0 Å². The summed E-state index contributed by atoms with van der Waals surface area (Å²) < 4.78 is 0. The van der Waals surface area contributed by atoms with Crippen molar-refractivity contribution < 1.29 is 0 Å². The molecule has 0 N–H and O–H groups in total. The van der Waals surface area contributed by atoms with Gasteiger partial charge in [-0.05, 0) is 47.0 Å². The molecule has 0 aliphatic rings. The van der Waals surface area contributed by atoms with E-state index < -0.39 is 0 Å². The second kappa shape index (κ2) is 18.0. The lowest BCUT2D eigenvalue weighted by atomic mass is 9.90.